The molecule has 0 bridgehead atoms. The number of nitrogens with one attached hydrogen (secondary N) is 1. The van der Waals surface area contributed by atoms with Crippen LogP contribution in [0.3, 0.4) is 0 Å². The molecule has 0 saturated heterocycles. The summed E-state index contributed by atoms with van der Waals surface area (Å²) in [4.78, 5) is 36.7. The van der Waals surface area contributed by atoms with Crippen molar-refractivity contribution in [3.05, 3.63) is 94.9 Å². The SMILES string of the molecule is CCCn1nc(C(=O)OCC(=O)Nc2cc(-c3ccccc3)nn2-c2ccccc2)ccc1=O. The number of aryl methyl sites for hydroxylation is 1. The topological polar surface area (TPSA) is 108 Å². The highest BCUT2D eigenvalue weighted by Gasteiger charge is 2.17. The molecule has 0 aliphatic carbocycles. The molecule has 0 spiro atoms. The number of para-hydroxylation sites is 1. The van der Waals surface area contributed by atoms with Gasteiger partial charge in [-0.2, -0.15) is 10.2 Å². The average molecular weight is 457 g/mol. The van der Waals surface area contributed by atoms with Crippen molar-refractivity contribution in [3.63, 3.8) is 0 Å². The Hall–Kier alpha value is -4.53. The fraction of sp³-hybridized carbons (Fsp3) is 0.160. The summed E-state index contributed by atoms with van der Waals surface area (Å²) in [6, 6.07) is 23.2. The Morgan fingerprint density at radius 2 is 1.65 bits per heavy atom. The maximum absolute atomic E-state index is 12.6. The van der Waals surface area contributed by atoms with E-state index in [1.165, 1.54) is 16.8 Å². The number of benzene rings is 2. The lowest BCUT2D eigenvalue weighted by atomic mass is 10.2. The molecule has 0 atom stereocenters. The number of carbonyl (C=O) groups is 2. The number of anilines is 1. The van der Waals surface area contributed by atoms with Crippen LogP contribution in [-0.4, -0.2) is 38.0 Å². The van der Waals surface area contributed by atoms with Gasteiger partial charge in [0, 0.05) is 24.2 Å². The predicted octanol–water partition coefficient (Wildman–Crippen LogP) is 3.30. The quantitative estimate of drug-likeness (QED) is 0.407. The molecule has 4 aromatic rings. The lowest BCUT2D eigenvalue weighted by Gasteiger charge is -2.09. The summed E-state index contributed by atoms with van der Waals surface area (Å²) in [5.41, 5.74) is 1.99. The van der Waals surface area contributed by atoms with E-state index in [0.717, 1.165) is 11.3 Å². The lowest BCUT2D eigenvalue weighted by Crippen LogP contribution is -2.26. The third-order valence-electron chi connectivity index (χ3n) is 4.89. The van der Waals surface area contributed by atoms with Gasteiger partial charge in [0.15, 0.2) is 12.3 Å². The van der Waals surface area contributed by atoms with Crippen molar-refractivity contribution >= 4 is 17.7 Å². The van der Waals surface area contributed by atoms with Crippen LogP contribution in [0.1, 0.15) is 23.8 Å². The normalized spacial score (nSPS) is 10.6. The number of hydrogen-bond donors (Lipinski definition) is 1. The molecule has 1 amide bonds. The molecule has 0 aliphatic heterocycles. The van der Waals surface area contributed by atoms with E-state index in [-0.39, 0.29) is 11.3 Å². The monoisotopic (exact) mass is 457 g/mol. The molecule has 4 rings (SSSR count). The number of hydrogen-bond acceptors (Lipinski definition) is 6. The number of esters is 1. The van der Waals surface area contributed by atoms with Crippen LogP contribution in [0.4, 0.5) is 5.82 Å². The Morgan fingerprint density at radius 3 is 2.35 bits per heavy atom. The summed E-state index contributed by atoms with van der Waals surface area (Å²) < 4.78 is 7.92. The van der Waals surface area contributed by atoms with Crippen LogP contribution in [0, 0.1) is 0 Å². The Labute approximate surface area is 195 Å². The summed E-state index contributed by atoms with van der Waals surface area (Å²) in [6.45, 7) is 1.76. The highest BCUT2D eigenvalue weighted by Crippen LogP contribution is 2.24. The minimum absolute atomic E-state index is 0.0402. The molecule has 9 nitrogen and oxygen atoms in total. The van der Waals surface area contributed by atoms with E-state index < -0.39 is 18.5 Å². The lowest BCUT2D eigenvalue weighted by molar-refractivity contribution is -0.119. The van der Waals surface area contributed by atoms with E-state index in [4.69, 9.17) is 4.74 Å². The molecule has 0 fully saturated rings. The van der Waals surface area contributed by atoms with Gasteiger partial charge in [0.1, 0.15) is 5.82 Å². The number of nitrogens with zero attached hydrogens (tertiary/aromatic N) is 4. The van der Waals surface area contributed by atoms with Gasteiger partial charge in [-0.25, -0.2) is 14.2 Å². The van der Waals surface area contributed by atoms with Crippen molar-refractivity contribution in [1.29, 1.82) is 0 Å². The highest BCUT2D eigenvalue weighted by atomic mass is 16.5. The molecular formula is C25H23N5O4. The van der Waals surface area contributed by atoms with Gasteiger partial charge in [0.25, 0.3) is 11.5 Å². The van der Waals surface area contributed by atoms with Gasteiger partial charge in [-0.15, -0.1) is 0 Å². The molecule has 34 heavy (non-hydrogen) atoms. The molecule has 172 valence electrons. The van der Waals surface area contributed by atoms with Gasteiger partial charge >= 0.3 is 5.97 Å². The molecule has 0 radical (unpaired) electrons. The Morgan fingerprint density at radius 1 is 0.941 bits per heavy atom. The fourth-order valence-corrected chi connectivity index (χ4v) is 3.30. The third kappa shape index (κ3) is 5.26. The molecule has 2 aromatic carbocycles. The molecule has 9 heteroatoms. The van der Waals surface area contributed by atoms with Crippen LogP contribution in [0.25, 0.3) is 16.9 Å². The fourth-order valence-electron chi connectivity index (χ4n) is 3.30. The van der Waals surface area contributed by atoms with Crippen LogP contribution >= 0.6 is 0 Å². The molecule has 0 saturated carbocycles. The minimum atomic E-state index is -0.790. The molecule has 2 aromatic heterocycles. The van der Waals surface area contributed by atoms with Crippen LogP contribution in [-0.2, 0) is 16.1 Å². The summed E-state index contributed by atoms with van der Waals surface area (Å²) >= 11 is 0. The molecule has 2 heterocycles. The number of rotatable bonds is 8. The van der Waals surface area contributed by atoms with E-state index in [1.807, 2.05) is 67.6 Å². The van der Waals surface area contributed by atoms with E-state index in [2.05, 4.69) is 15.5 Å². The molecule has 0 aliphatic rings. The summed E-state index contributed by atoms with van der Waals surface area (Å²) in [5.74, 6) is -0.894. The second-order valence-corrected chi connectivity index (χ2v) is 7.43. The van der Waals surface area contributed by atoms with Crippen molar-refractivity contribution < 1.29 is 14.3 Å². The predicted molar refractivity (Wildman–Crippen MR) is 127 cm³/mol. The number of carbonyl (C=O) groups excluding carboxylic acids is 2. The maximum atomic E-state index is 12.6. The zero-order chi connectivity index (χ0) is 23.9. The van der Waals surface area contributed by atoms with Gasteiger partial charge in [-0.1, -0.05) is 55.5 Å². The van der Waals surface area contributed by atoms with Crippen LogP contribution in [0.15, 0.2) is 83.7 Å². The average Bonchev–Trinajstić information content (AvgIpc) is 3.29. The smallest absolute Gasteiger partial charge is 0.359 e. The maximum Gasteiger partial charge on any atom is 0.359 e. The van der Waals surface area contributed by atoms with Gasteiger partial charge in [-0.05, 0) is 24.6 Å². The zero-order valence-electron chi connectivity index (χ0n) is 18.5. The van der Waals surface area contributed by atoms with E-state index in [1.54, 1.807) is 10.7 Å². The largest absolute Gasteiger partial charge is 0.451 e. The number of amides is 1. The molecule has 0 unspecified atom stereocenters. The van der Waals surface area contributed by atoms with E-state index >= 15 is 0 Å². The first-order chi connectivity index (χ1) is 16.5. The first-order valence-corrected chi connectivity index (χ1v) is 10.8. The van der Waals surface area contributed by atoms with Crippen LogP contribution < -0.4 is 10.9 Å². The van der Waals surface area contributed by atoms with Gasteiger partial charge in [0.05, 0.1) is 11.4 Å². The van der Waals surface area contributed by atoms with Crippen LogP contribution in [0.2, 0.25) is 0 Å². The first kappa shape index (κ1) is 22.7. The van der Waals surface area contributed by atoms with Crippen LogP contribution in [0.5, 0.6) is 0 Å². The highest BCUT2D eigenvalue weighted by molar-refractivity contribution is 5.94. The van der Waals surface area contributed by atoms with Crippen molar-refractivity contribution in [1.82, 2.24) is 19.6 Å². The Balaban J connectivity index is 1.49. The van der Waals surface area contributed by atoms with E-state index in [9.17, 15) is 14.4 Å². The third-order valence-corrected chi connectivity index (χ3v) is 4.89. The summed E-state index contributed by atoms with van der Waals surface area (Å²) in [5, 5.41) is 11.4. The molecular weight excluding hydrogens is 434 g/mol. The summed E-state index contributed by atoms with van der Waals surface area (Å²) in [6.07, 6.45) is 0.688. The van der Waals surface area contributed by atoms with Gasteiger partial charge in [-0.3, -0.25) is 9.59 Å². The second-order valence-electron chi connectivity index (χ2n) is 7.43. The minimum Gasteiger partial charge on any atom is -0.451 e. The summed E-state index contributed by atoms with van der Waals surface area (Å²) in [7, 11) is 0. The van der Waals surface area contributed by atoms with Crippen molar-refractivity contribution in [3.8, 4) is 16.9 Å². The van der Waals surface area contributed by atoms with E-state index in [0.29, 0.717) is 24.5 Å². The second kappa shape index (κ2) is 10.4. The van der Waals surface area contributed by atoms with Gasteiger partial charge < -0.3 is 10.1 Å². The Kier molecular flexibility index (Phi) is 6.92. The van der Waals surface area contributed by atoms with Crippen molar-refractivity contribution in [2.24, 2.45) is 0 Å². The van der Waals surface area contributed by atoms with Crippen molar-refractivity contribution in [2.75, 3.05) is 11.9 Å². The Bertz CT molecular complexity index is 1350. The standard InChI is InChI=1S/C25H23N5O4/c1-2-15-29-24(32)14-13-20(27-29)25(33)34-17-23(31)26-22-16-21(18-9-5-3-6-10-18)28-30(22)19-11-7-4-8-12-19/h3-14,16H,2,15,17H2,1H3,(H,26,31). The molecule has 1 N–H and O–H groups in total. The number of aromatic nitrogens is 4. The first-order valence-electron chi connectivity index (χ1n) is 10.8. The zero-order valence-corrected chi connectivity index (χ0v) is 18.5. The van der Waals surface area contributed by atoms with Crippen molar-refractivity contribution in [2.45, 2.75) is 19.9 Å². The van der Waals surface area contributed by atoms with Gasteiger partial charge in [0.2, 0.25) is 0 Å². The number of ether oxygens (including phenoxy) is 1.